The van der Waals surface area contributed by atoms with Crippen LogP contribution in [0.2, 0.25) is 5.15 Å². The van der Waals surface area contributed by atoms with E-state index in [0.717, 1.165) is 29.4 Å². The van der Waals surface area contributed by atoms with Gasteiger partial charge in [0.15, 0.2) is 5.96 Å². The fourth-order valence-corrected chi connectivity index (χ4v) is 2.15. The summed E-state index contributed by atoms with van der Waals surface area (Å²) >= 11 is 5.79. The Labute approximate surface area is 164 Å². The van der Waals surface area contributed by atoms with Gasteiger partial charge in [0.05, 0.1) is 13.7 Å². The Morgan fingerprint density at radius 2 is 2.00 bits per heavy atom. The SMILES string of the molecule is CCNC(=NCc1ccc(Cl)nc1)NCc1ccccc1OC.I. The van der Waals surface area contributed by atoms with E-state index in [1.807, 2.05) is 37.3 Å². The first-order valence-corrected chi connectivity index (χ1v) is 7.85. The molecule has 1 heterocycles. The molecule has 0 aliphatic heterocycles. The summed E-state index contributed by atoms with van der Waals surface area (Å²) in [6.45, 7) is 3.99. The van der Waals surface area contributed by atoms with Crippen molar-refractivity contribution in [1.82, 2.24) is 15.6 Å². The van der Waals surface area contributed by atoms with Gasteiger partial charge in [-0.05, 0) is 24.6 Å². The third-order valence-electron chi connectivity index (χ3n) is 3.19. The lowest BCUT2D eigenvalue weighted by Crippen LogP contribution is -2.36. The molecule has 130 valence electrons. The fraction of sp³-hybridized carbons (Fsp3) is 0.294. The van der Waals surface area contributed by atoms with Gasteiger partial charge < -0.3 is 15.4 Å². The van der Waals surface area contributed by atoms with Crippen LogP contribution in [0.25, 0.3) is 0 Å². The van der Waals surface area contributed by atoms with E-state index in [-0.39, 0.29) is 24.0 Å². The van der Waals surface area contributed by atoms with Gasteiger partial charge in [0.2, 0.25) is 0 Å². The number of ether oxygens (including phenoxy) is 1. The first kappa shape index (κ1) is 20.5. The van der Waals surface area contributed by atoms with E-state index in [1.165, 1.54) is 0 Å². The molecule has 0 aliphatic rings. The number of aromatic nitrogens is 1. The highest BCUT2D eigenvalue weighted by molar-refractivity contribution is 14.0. The smallest absolute Gasteiger partial charge is 0.191 e. The van der Waals surface area contributed by atoms with Crippen molar-refractivity contribution in [1.29, 1.82) is 0 Å². The number of para-hydroxylation sites is 1. The molecule has 0 unspecified atom stereocenters. The molecule has 0 fully saturated rings. The summed E-state index contributed by atoms with van der Waals surface area (Å²) in [5.74, 6) is 1.60. The number of halogens is 2. The molecular formula is C17H22ClIN4O. The van der Waals surface area contributed by atoms with Crippen molar-refractivity contribution < 1.29 is 4.74 Å². The van der Waals surface area contributed by atoms with Crippen LogP contribution >= 0.6 is 35.6 Å². The second-order valence-corrected chi connectivity index (χ2v) is 5.24. The molecule has 5 nitrogen and oxygen atoms in total. The zero-order chi connectivity index (χ0) is 16.5. The molecular weight excluding hydrogens is 439 g/mol. The van der Waals surface area contributed by atoms with Crippen LogP contribution in [0.5, 0.6) is 5.75 Å². The minimum absolute atomic E-state index is 0. The third kappa shape index (κ3) is 6.52. The fourth-order valence-electron chi connectivity index (χ4n) is 2.04. The number of methoxy groups -OCH3 is 1. The molecule has 24 heavy (non-hydrogen) atoms. The van der Waals surface area contributed by atoms with Gasteiger partial charge in [-0.3, -0.25) is 0 Å². The van der Waals surface area contributed by atoms with E-state index in [2.05, 4.69) is 20.6 Å². The lowest BCUT2D eigenvalue weighted by molar-refractivity contribution is 0.409. The van der Waals surface area contributed by atoms with Crippen LogP contribution in [-0.4, -0.2) is 24.6 Å². The first-order valence-electron chi connectivity index (χ1n) is 7.47. The predicted molar refractivity (Wildman–Crippen MR) is 109 cm³/mol. The van der Waals surface area contributed by atoms with Crippen molar-refractivity contribution in [3.8, 4) is 5.75 Å². The van der Waals surface area contributed by atoms with Crippen molar-refractivity contribution in [3.05, 3.63) is 58.9 Å². The number of pyridine rings is 1. The molecule has 7 heteroatoms. The molecule has 0 atom stereocenters. The first-order chi connectivity index (χ1) is 11.2. The van der Waals surface area contributed by atoms with Crippen molar-refractivity contribution in [2.45, 2.75) is 20.0 Å². The second kappa shape index (κ2) is 11.1. The molecule has 0 radical (unpaired) electrons. The monoisotopic (exact) mass is 460 g/mol. The number of guanidine groups is 1. The van der Waals surface area contributed by atoms with Crippen LogP contribution in [0.15, 0.2) is 47.6 Å². The predicted octanol–water partition coefficient (Wildman–Crippen LogP) is 3.62. The number of hydrogen-bond acceptors (Lipinski definition) is 3. The van der Waals surface area contributed by atoms with Crippen LogP contribution < -0.4 is 15.4 Å². The Hall–Kier alpha value is -1.54. The Kier molecular flexibility index (Phi) is 9.48. The summed E-state index contributed by atoms with van der Waals surface area (Å²) in [4.78, 5) is 8.61. The van der Waals surface area contributed by atoms with E-state index in [4.69, 9.17) is 16.3 Å². The number of benzene rings is 1. The van der Waals surface area contributed by atoms with Gasteiger partial charge in [0.1, 0.15) is 10.9 Å². The highest BCUT2D eigenvalue weighted by Crippen LogP contribution is 2.16. The second-order valence-electron chi connectivity index (χ2n) is 4.85. The van der Waals surface area contributed by atoms with E-state index < -0.39 is 0 Å². The Balaban J connectivity index is 0.00000288. The standard InChI is InChI=1S/C17H21ClN4O.HI/c1-3-19-17(21-11-13-8-9-16(18)20-10-13)22-12-14-6-4-5-7-15(14)23-2;/h4-10H,3,11-12H2,1-2H3,(H2,19,21,22);1H. The zero-order valence-corrected chi connectivity index (χ0v) is 16.8. The highest BCUT2D eigenvalue weighted by Gasteiger charge is 2.03. The van der Waals surface area contributed by atoms with Gasteiger partial charge in [-0.1, -0.05) is 35.9 Å². The number of rotatable bonds is 6. The molecule has 2 rings (SSSR count). The summed E-state index contributed by atoms with van der Waals surface area (Å²) in [7, 11) is 1.67. The molecule has 0 amide bonds. The lowest BCUT2D eigenvalue weighted by Gasteiger charge is -2.13. The maximum absolute atomic E-state index is 5.79. The maximum Gasteiger partial charge on any atom is 0.191 e. The largest absolute Gasteiger partial charge is 0.496 e. The summed E-state index contributed by atoms with van der Waals surface area (Å²) in [5, 5.41) is 7.01. The van der Waals surface area contributed by atoms with E-state index in [9.17, 15) is 0 Å². The summed E-state index contributed by atoms with van der Waals surface area (Å²) in [5.41, 5.74) is 2.08. The van der Waals surface area contributed by atoms with Gasteiger partial charge in [0.25, 0.3) is 0 Å². The Morgan fingerprint density at radius 1 is 1.21 bits per heavy atom. The number of nitrogens with zero attached hydrogens (tertiary/aromatic N) is 2. The number of aliphatic imine (C=N–C) groups is 1. The molecule has 0 saturated heterocycles. The Morgan fingerprint density at radius 3 is 2.67 bits per heavy atom. The minimum Gasteiger partial charge on any atom is -0.496 e. The molecule has 2 N–H and O–H groups in total. The topological polar surface area (TPSA) is 58.5 Å². The van der Waals surface area contributed by atoms with Gasteiger partial charge in [0, 0.05) is 24.8 Å². The third-order valence-corrected chi connectivity index (χ3v) is 3.41. The van der Waals surface area contributed by atoms with Crippen LogP contribution in [0.3, 0.4) is 0 Å². The van der Waals surface area contributed by atoms with Crippen LogP contribution in [0, 0.1) is 0 Å². The molecule has 2 aromatic rings. The van der Waals surface area contributed by atoms with E-state index in [1.54, 1.807) is 19.4 Å². The average Bonchev–Trinajstić information content (AvgIpc) is 2.59. The van der Waals surface area contributed by atoms with Crippen LogP contribution in [-0.2, 0) is 13.1 Å². The van der Waals surface area contributed by atoms with Gasteiger partial charge in [-0.2, -0.15) is 0 Å². The summed E-state index contributed by atoms with van der Waals surface area (Å²) < 4.78 is 5.36. The average molecular weight is 461 g/mol. The number of hydrogen-bond donors (Lipinski definition) is 2. The molecule has 1 aromatic heterocycles. The maximum atomic E-state index is 5.79. The molecule has 1 aromatic carbocycles. The number of nitrogens with one attached hydrogen (secondary N) is 2. The highest BCUT2D eigenvalue weighted by atomic mass is 127. The molecule has 0 aliphatic carbocycles. The summed E-state index contributed by atoms with van der Waals surface area (Å²) in [6, 6.07) is 11.6. The van der Waals surface area contributed by atoms with Crippen molar-refractivity contribution in [3.63, 3.8) is 0 Å². The van der Waals surface area contributed by atoms with Crippen molar-refractivity contribution in [2.24, 2.45) is 4.99 Å². The van der Waals surface area contributed by atoms with Crippen LogP contribution in [0.4, 0.5) is 0 Å². The zero-order valence-electron chi connectivity index (χ0n) is 13.8. The Bertz CT molecular complexity index is 649. The summed E-state index contributed by atoms with van der Waals surface area (Å²) in [6.07, 6.45) is 1.73. The molecule has 0 saturated carbocycles. The van der Waals surface area contributed by atoms with Gasteiger partial charge in [-0.25, -0.2) is 9.98 Å². The van der Waals surface area contributed by atoms with Gasteiger partial charge in [-0.15, -0.1) is 24.0 Å². The van der Waals surface area contributed by atoms with Gasteiger partial charge >= 0.3 is 0 Å². The van der Waals surface area contributed by atoms with E-state index in [0.29, 0.717) is 18.2 Å². The normalized spacial score (nSPS) is 10.7. The lowest BCUT2D eigenvalue weighted by atomic mass is 10.2. The van der Waals surface area contributed by atoms with E-state index >= 15 is 0 Å². The van der Waals surface area contributed by atoms with Crippen LogP contribution in [0.1, 0.15) is 18.1 Å². The van der Waals surface area contributed by atoms with Crippen molar-refractivity contribution >= 4 is 41.5 Å². The molecule has 0 bridgehead atoms. The van der Waals surface area contributed by atoms with Crippen molar-refractivity contribution in [2.75, 3.05) is 13.7 Å². The molecule has 0 spiro atoms. The minimum atomic E-state index is 0. The quantitative estimate of drug-likeness (QED) is 0.299.